The maximum Gasteiger partial charge on any atom is 0.258 e. The van der Waals surface area contributed by atoms with Crippen LogP contribution in [0.3, 0.4) is 0 Å². The number of methoxy groups -OCH3 is 4. The molecule has 2 fully saturated rings. The molecule has 0 aliphatic carbocycles. The molecular formula is C47H73Cl2N7O10. The Balaban J connectivity index is 0.00000748. The molecule has 0 aromatic heterocycles. The molecular weight excluding hydrogens is 893 g/mol. The summed E-state index contributed by atoms with van der Waals surface area (Å²) in [5, 5.41) is 14.8. The van der Waals surface area contributed by atoms with Crippen LogP contribution in [0.1, 0.15) is 112 Å². The lowest BCUT2D eigenvalue weighted by Crippen LogP contribution is -2.54. The number of unbranched alkanes of at least 4 members (excludes halogenated alkanes) is 3. The third kappa shape index (κ3) is 15.4. The summed E-state index contributed by atoms with van der Waals surface area (Å²) in [6, 6.07) is 7.36. The first-order valence-electron chi connectivity index (χ1n) is 22.6. The van der Waals surface area contributed by atoms with Gasteiger partial charge in [-0.25, -0.2) is 0 Å². The summed E-state index contributed by atoms with van der Waals surface area (Å²) >= 11 is 0. The fraction of sp³-hybridized carbons (Fsp3) is 0.617. The summed E-state index contributed by atoms with van der Waals surface area (Å²) in [6.07, 6.45) is 7.22. The topological polar surface area (TPSA) is 206 Å². The van der Waals surface area contributed by atoms with Gasteiger partial charge in [0, 0.05) is 38.1 Å². The van der Waals surface area contributed by atoms with Crippen LogP contribution in [0.4, 0.5) is 0 Å². The lowest BCUT2D eigenvalue weighted by molar-refractivity contribution is -0.138. The van der Waals surface area contributed by atoms with Crippen LogP contribution in [0.15, 0.2) is 36.4 Å². The van der Waals surface area contributed by atoms with Crippen LogP contribution in [-0.2, 0) is 19.2 Å². The predicted octanol–water partition coefficient (Wildman–Crippen LogP) is 4.47. The van der Waals surface area contributed by atoms with Gasteiger partial charge in [0.15, 0.2) is 5.78 Å². The van der Waals surface area contributed by atoms with Crippen LogP contribution in [-0.4, -0.2) is 144 Å². The van der Waals surface area contributed by atoms with Crippen LogP contribution >= 0.6 is 24.8 Å². The number of ketones is 1. The van der Waals surface area contributed by atoms with Crippen molar-refractivity contribution < 1.29 is 47.7 Å². The number of amides is 5. The monoisotopic (exact) mass is 965 g/mol. The van der Waals surface area contributed by atoms with Gasteiger partial charge >= 0.3 is 0 Å². The normalized spacial score (nSPS) is 17.2. The Kier molecular flexibility index (Phi) is 25.2. The van der Waals surface area contributed by atoms with E-state index >= 15 is 0 Å². The van der Waals surface area contributed by atoms with Gasteiger partial charge in [-0.3, -0.25) is 28.8 Å². The van der Waals surface area contributed by atoms with Crippen LogP contribution in [0, 0.1) is 0 Å². The van der Waals surface area contributed by atoms with Gasteiger partial charge in [-0.15, -0.1) is 24.8 Å². The third-order valence-electron chi connectivity index (χ3n) is 12.5. The highest BCUT2D eigenvalue weighted by molar-refractivity contribution is 6.01. The van der Waals surface area contributed by atoms with Crippen LogP contribution in [0.25, 0.3) is 0 Å². The fourth-order valence-corrected chi connectivity index (χ4v) is 8.51. The number of benzene rings is 2. The van der Waals surface area contributed by atoms with Gasteiger partial charge in [0.1, 0.15) is 46.2 Å². The molecule has 2 aliphatic rings. The molecule has 5 N–H and O–H groups in total. The Morgan fingerprint density at radius 2 is 1.03 bits per heavy atom. The minimum atomic E-state index is -0.770. The Hall–Kier alpha value is -4.84. The Bertz CT molecular complexity index is 1730. The van der Waals surface area contributed by atoms with Crippen molar-refractivity contribution in [2.75, 3.05) is 62.2 Å². The molecule has 66 heavy (non-hydrogen) atoms. The van der Waals surface area contributed by atoms with Gasteiger partial charge in [0.05, 0.1) is 40.5 Å². The zero-order valence-corrected chi connectivity index (χ0v) is 41.5. The molecule has 0 saturated carbocycles. The summed E-state index contributed by atoms with van der Waals surface area (Å²) in [4.78, 5) is 85.0. The Morgan fingerprint density at radius 3 is 1.45 bits per heavy atom. The maximum absolute atomic E-state index is 14.2. The molecule has 19 heteroatoms. The predicted molar refractivity (Wildman–Crippen MR) is 258 cm³/mol. The van der Waals surface area contributed by atoms with Crippen molar-refractivity contribution in [1.29, 1.82) is 0 Å². The first kappa shape index (κ1) is 57.3. The first-order chi connectivity index (χ1) is 30.8. The van der Waals surface area contributed by atoms with Crippen molar-refractivity contribution in [1.82, 2.24) is 36.4 Å². The Labute approximate surface area is 402 Å². The second-order valence-corrected chi connectivity index (χ2v) is 16.5. The molecule has 17 nitrogen and oxygen atoms in total. The van der Waals surface area contributed by atoms with E-state index in [1.54, 1.807) is 69.2 Å². The number of carbonyl (C=O) groups excluding carboxylic acids is 6. The number of likely N-dealkylation sites (N-methyl/N-ethyl adjacent to an activating group) is 2. The molecule has 0 unspecified atom stereocenters. The van der Waals surface area contributed by atoms with Crippen molar-refractivity contribution in [3.63, 3.8) is 0 Å². The minimum Gasteiger partial charge on any atom is -0.496 e. The Morgan fingerprint density at radius 1 is 0.621 bits per heavy atom. The summed E-state index contributed by atoms with van der Waals surface area (Å²) in [7, 11) is 9.36. The molecule has 0 radical (unpaired) electrons. The molecule has 2 heterocycles. The average molecular weight is 967 g/mol. The average Bonchev–Trinajstić information content (AvgIpc) is 4.01. The smallest absolute Gasteiger partial charge is 0.258 e. The minimum absolute atomic E-state index is 0. The quantitative estimate of drug-likeness (QED) is 0.0655. The van der Waals surface area contributed by atoms with Gasteiger partial charge in [-0.1, -0.05) is 37.8 Å². The second kappa shape index (κ2) is 29.0. The van der Waals surface area contributed by atoms with E-state index in [0.717, 1.165) is 32.1 Å². The number of halogens is 2. The number of carbonyl (C=O) groups is 6. The molecule has 2 aliphatic heterocycles. The number of nitrogens with zero attached hydrogens (tertiary/aromatic N) is 2. The van der Waals surface area contributed by atoms with Crippen molar-refractivity contribution in [3.8, 4) is 23.0 Å². The van der Waals surface area contributed by atoms with Gasteiger partial charge in [-0.2, -0.15) is 0 Å². The van der Waals surface area contributed by atoms with Gasteiger partial charge < -0.3 is 55.3 Å². The van der Waals surface area contributed by atoms with Gasteiger partial charge in [0.2, 0.25) is 23.6 Å². The lowest BCUT2D eigenvalue weighted by atomic mass is 9.99. The van der Waals surface area contributed by atoms with E-state index in [9.17, 15) is 28.8 Å². The first-order valence-corrected chi connectivity index (χ1v) is 22.6. The molecule has 0 spiro atoms. The molecule has 6 atom stereocenters. The maximum atomic E-state index is 14.2. The third-order valence-corrected chi connectivity index (χ3v) is 12.5. The van der Waals surface area contributed by atoms with Gasteiger partial charge in [0.25, 0.3) is 5.91 Å². The number of likely N-dealkylation sites (tertiary alicyclic amines) is 2. The van der Waals surface area contributed by atoms with Gasteiger partial charge in [-0.05, 0) is 97.2 Å². The summed E-state index contributed by atoms with van der Waals surface area (Å²) < 4.78 is 21.7. The summed E-state index contributed by atoms with van der Waals surface area (Å²) in [5.74, 6) is 0.202. The van der Waals surface area contributed by atoms with Crippen molar-refractivity contribution in [3.05, 3.63) is 47.5 Å². The largest absolute Gasteiger partial charge is 0.496 e. The van der Waals surface area contributed by atoms with E-state index in [1.807, 2.05) is 4.90 Å². The zero-order chi connectivity index (χ0) is 46.8. The SMILES string of the molecule is CN[C@@H](C)C(=O)N[C@@H](CCCCCC[C@H](NC(=O)[C@H](C)NC)C(=O)N1CCC[C@H]1CNC(=O)c1c(OC)cccc1OC)C(=O)N1CCC[C@H]1CCC(=O)c1c(OC)cccc1OC.Cl.Cl. The molecule has 2 saturated heterocycles. The van der Waals surface area contributed by atoms with E-state index in [0.29, 0.717) is 80.2 Å². The molecule has 0 bridgehead atoms. The van der Waals surface area contributed by atoms with E-state index < -0.39 is 24.2 Å². The van der Waals surface area contributed by atoms with Crippen LogP contribution in [0.5, 0.6) is 23.0 Å². The summed E-state index contributed by atoms with van der Waals surface area (Å²) in [6.45, 7) is 4.73. The zero-order valence-electron chi connectivity index (χ0n) is 39.8. The van der Waals surface area contributed by atoms with Crippen LogP contribution < -0.4 is 45.5 Å². The standard InChI is InChI=1S/C47H71N7O10.2ClH/c1-30(48-3)43(56)51-34(46(59)53-27-15-17-32(53)25-26-36(55)41-37(61-5)21-13-22-38(41)62-6)19-11-9-10-12-20-35(52-44(57)31(2)49-4)47(60)54-28-16-18-33(54)29-50-45(58)42-39(63-7)23-14-24-40(42)64-8;;/h13-14,21-24,30-35,48-49H,9-12,15-20,25-29H2,1-8H3,(H,50,58)(H,51,56)(H,52,57);2*1H/t30-,31-,32-,33-,34-,35-;;/m0../s1. The number of Topliss-reactive ketones (excluding diaryl/α,β-unsaturated/α-hetero) is 1. The highest BCUT2D eigenvalue weighted by Crippen LogP contribution is 2.32. The van der Waals surface area contributed by atoms with Crippen molar-refractivity contribution >= 4 is 60.1 Å². The highest BCUT2D eigenvalue weighted by atomic mass is 35.5. The molecule has 2 aromatic rings. The van der Waals surface area contributed by atoms with Crippen molar-refractivity contribution in [2.45, 2.75) is 127 Å². The summed E-state index contributed by atoms with van der Waals surface area (Å²) in [5.41, 5.74) is 0.657. The second-order valence-electron chi connectivity index (χ2n) is 16.5. The molecule has 2 aromatic carbocycles. The highest BCUT2D eigenvalue weighted by Gasteiger charge is 2.36. The van der Waals surface area contributed by atoms with E-state index in [2.05, 4.69) is 26.6 Å². The molecule has 370 valence electrons. The van der Waals surface area contributed by atoms with Crippen LogP contribution in [0.2, 0.25) is 0 Å². The fourth-order valence-electron chi connectivity index (χ4n) is 8.51. The molecule has 5 amide bonds. The lowest BCUT2D eigenvalue weighted by Gasteiger charge is -2.30. The molecule has 4 rings (SSSR count). The van der Waals surface area contributed by atoms with E-state index in [4.69, 9.17) is 18.9 Å². The number of hydrogen-bond donors (Lipinski definition) is 5. The van der Waals surface area contributed by atoms with Crippen molar-refractivity contribution in [2.24, 2.45) is 0 Å². The number of rotatable bonds is 26. The van der Waals surface area contributed by atoms with E-state index in [1.165, 1.54) is 28.4 Å². The van der Waals surface area contributed by atoms with E-state index in [-0.39, 0.29) is 90.7 Å². The number of nitrogens with one attached hydrogen (secondary N) is 5. The number of hydrogen-bond acceptors (Lipinski definition) is 12. The number of ether oxygens (including phenoxy) is 4.